The molecule has 2 aromatic rings. The first kappa shape index (κ1) is 18.3. The molecule has 1 saturated heterocycles. The monoisotopic (exact) mass is 354 g/mol. The maximum atomic E-state index is 12.3. The van der Waals surface area contributed by atoms with Crippen LogP contribution in [0.2, 0.25) is 0 Å². The number of carbonyl (C=O) groups excluding carboxylic acids is 1. The summed E-state index contributed by atoms with van der Waals surface area (Å²) in [5.41, 5.74) is 3.00. The fraction of sp³-hybridized carbons (Fsp3) is 0.450. The Labute approximate surface area is 154 Å². The molecule has 6 heteroatoms. The zero-order chi connectivity index (χ0) is 18.5. The molecule has 0 saturated carbocycles. The van der Waals surface area contributed by atoms with Gasteiger partial charge in [0.15, 0.2) is 0 Å². The molecule has 1 aromatic carbocycles. The Morgan fingerprint density at radius 2 is 2.12 bits per heavy atom. The summed E-state index contributed by atoms with van der Waals surface area (Å²) in [6.07, 6.45) is 4.46. The lowest BCUT2D eigenvalue weighted by atomic mass is 10.1. The molecular weight excluding hydrogens is 328 g/mol. The number of aromatic nitrogens is 2. The van der Waals surface area contributed by atoms with E-state index >= 15 is 0 Å². The molecule has 1 amide bonds. The molecule has 2 heterocycles. The summed E-state index contributed by atoms with van der Waals surface area (Å²) in [7, 11) is 3.76. The number of amides is 1. The van der Waals surface area contributed by atoms with E-state index in [4.69, 9.17) is 4.74 Å². The lowest BCUT2D eigenvalue weighted by Gasteiger charge is -2.21. The Kier molecular flexibility index (Phi) is 5.83. The van der Waals surface area contributed by atoms with Crippen LogP contribution in [0.5, 0.6) is 5.75 Å². The van der Waals surface area contributed by atoms with Gasteiger partial charge >= 0.3 is 0 Å². The number of benzene rings is 1. The van der Waals surface area contributed by atoms with E-state index in [9.17, 15) is 4.79 Å². The molecular formula is C20H26N4O2. The molecule has 26 heavy (non-hydrogen) atoms. The number of methoxy groups -OCH3 is 1. The van der Waals surface area contributed by atoms with Gasteiger partial charge in [-0.25, -0.2) is 9.97 Å². The van der Waals surface area contributed by atoms with Gasteiger partial charge in [0.05, 0.1) is 25.3 Å². The summed E-state index contributed by atoms with van der Waals surface area (Å²) in [5, 5.41) is 3.01. The SMILES string of the molecule is COc1ccc(CC(=O)NCc2cnc(C)nc2C2CCCN2C)cc1. The van der Waals surface area contributed by atoms with Gasteiger partial charge in [-0.3, -0.25) is 9.69 Å². The number of hydrogen-bond donors (Lipinski definition) is 1. The quantitative estimate of drug-likeness (QED) is 0.863. The van der Waals surface area contributed by atoms with E-state index in [2.05, 4.69) is 27.2 Å². The summed E-state index contributed by atoms with van der Waals surface area (Å²) in [4.78, 5) is 23.6. The van der Waals surface area contributed by atoms with E-state index in [1.807, 2.05) is 37.4 Å². The average Bonchev–Trinajstić information content (AvgIpc) is 3.07. The van der Waals surface area contributed by atoms with Crippen LogP contribution in [0.4, 0.5) is 0 Å². The van der Waals surface area contributed by atoms with Gasteiger partial charge in [0.25, 0.3) is 0 Å². The number of rotatable bonds is 6. The van der Waals surface area contributed by atoms with Crippen molar-refractivity contribution in [3.05, 3.63) is 53.1 Å². The van der Waals surface area contributed by atoms with Crippen LogP contribution in [-0.2, 0) is 17.8 Å². The number of likely N-dealkylation sites (tertiary alicyclic amines) is 1. The topological polar surface area (TPSA) is 67.3 Å². The van der Waals surface area contributed by atoms with E-state index in [1.165, 1.54) is 6.42 Å². The van der Waals surface area contributed by atoms with Gasteiger partial charge in [-0.05, 0) is 51.1 Å². The van der Waals surface area contributed by atoms with Crippen LogP contribution in [-0.4, -0.2) is 41.5 Å². The second-order valence-corrected chi connectivity index (χ2v) is 6.77. The molecule has 1 fully saturated rings. The Bertz CT molecular complexity index is 761. The second-order valence-electron chi connectivity index (χ2n) is 6.77. The summed E-state index contributed by atoms with van der Waals surface area (Å²) in [6, 6.07) is 7.86. The molecule has 1 aromatic heterocycles. The van der Waals surface area contributed by atoms with Crippen molar-refractivity contribution in [2.24, 2.45) is 0 Å². The van der Waals surface area contributed by atoms with Gasteiger partial charge in [0, 0.05) is 18.3 Å². The maximum absolute atomic E-state index is 12.3. The van der Waals surface area contributed by atoms with E-state index < -0.39 is 0 Å². The summed E-state index contributed by atoms with van der Waals surface area (Å²) < 4.78 is 5.14. The third-order valence-corrected chi connectivity index (χ3v) is 4.85. The van der Waals surface area contributed by atoms with Crippen LogP contribution < -0.4 is 10.1 Å². The van der Waals surface area contributed by atoms with Crippen molar-refractivity contribution in [3.63, 3.8) is 0 Å². The maximum Gasteiger partial charge on any atom is 0.224 e. The number of nitrogens with one attached hydrogen (secondary N) is 1. The fourth-order valence-corrected chi connectivity index (χ4v) is 3.38. The van der Waals surface area contributed by atoms with Crippen molar-refractivity contribution in [1.82, 2.24) is 20.2 Å². The van der Waals surface area contributed by atoms with E-state index in [0.717, 1.165) is 41.4 Å². The zero-order valence-corrected chi connectivity index (χ0v) is 15.7. The Balaban J connectivity index is 1.64. The van der Waals surface area contributed by atoms with Gasteiger partial charge in [-0.1, -0.05) is 12.1 Å². The molecule has 1 atom stereocenters. The first-order chi connectivity index (χ1) is 12.6. The second kappa shape index (κ2) is 8.27. The van der Waals surface area contributed by atoms with Crippen LogP contribution in [0.15, 0.2) is 30.5 Å². The number of carbonyl (C=O) groups is 1. The lowest BCUT2D eigenvalue weighted by Crippen LogP contribution is -2.27. The van der Waals surface area contributed by atoms with Gasteiger partial charge in [0.1, 0.15) is 11.6 Å². The first-order valence-electron chi connectivity index (χ1n) is 8.99. The molecule has 6 nitrogen and oxygen atoms in total. The lowest BCUT2D eigenvalue weighted by molar-refractivity contribution is -0.120. The molecule has 0 spiro atoms. The summed E-state index contributed by atoms with van der Waals surface area (Å²) in [6.45, 7) is 3.44. The van der Waals surface area contributed by atoms with Crippen molar-refractivity contribution in [1.29, 1.82) is 0 Å². The van der Waals surface area contributed by atoms with E-state index in [0.29, 0.717) is 19.0 Å². The van der Waals surface area contributed by atoms with Crippen LogP contribution in [0.25, 0.3) is 0 Å². The number of nitrogens with zero attached hydrogens (tertiary/aromatic N) is 3. The average molecular weight is 354 g/mol. The van der Waals surface area contributed by atoms with Gasteiger partial charge in [-0.15, -0.1) is 0 Å². The van der Waals surface area contributed by atoms with Crippen molar-refractivity contribution in [2.45, 2.75) is 38.8 Å². The fourth-order valence-electron chi connectivity index (χ4n) is 3.38. The largest absolute Gasteiger partial charge is 0.497 e. The molecule has 0 aliphatic carbocycles. The standard InChI is InChI=1S/C20H26N4O2/c1-14-21-12-16(20(23-14)18-5-4-10-24(18)2)13-22-19(25)11-15-6-8-17(26-3)9-7-15/h6-9,12,18H,4-5,10-11,13H2,1-3H3,(H,22,25). The predicted molar refractivity (Wildman–Crippen MR) is 99.9 cm³/mol. The summed E-state index contributed by atoms with van der Waals surface area (Å²) in [5.74, 6) is 1.55. The molecule has 1 N–H and O–H groups in total. The molecule has 1 aliphatic rings. The van der Waals surface area contributed by atoms with Crippen molar-refractivity contribution in [3.8, 4) is 5.75 Å². The Morgan fingerprint density at radius 3 is 2.77 bits per heavy atom. The van der Waals surface area contributed by atoms with Gasteiger partial charge in [-0.2, -0.15) is 0 Å². The summed E-state index contributed by atoms with van der Waals surface area (Å²) >= 11 is 0. The van der Waals surface area contributed by atoms with Gasteiger partial charge in [0.2, 0.25) is 5.91 Å². The minimum Gasteiger partial charge on any atom is -0.497 e. The zero-order valence-electron chi connectivity index (χ0n) is 15.7. The van der Waals surface area contributed by atoms with Crippen LogP contribution in [0.1, 0.15) is 41.5 Å². The Hall–Kier alpha value is -2.47. The molecule has 138 valence electrons. The Morgan fingerprint density at radius 1 is 1.35 bits per heavy atom. The third kappa shape index (κ3) is 4.38. The minimum atomic E-state index is -0.0125. The number of aryl methyl sites for hydroxylation is 1. The number of ether oxygens (including phenoxy) is 1. The molecule has 3 rings (SSSR count). The highest BCUT2D eigenvalue weighted by molar-refractivity contribution is 5.78. The molecule has 1 unspecified atom stereocenters. The first-order valence-corrected chi connectivity index (χ1v) is 8.99. The van der Waals surface area contributed by atoms with Gasteiger partial charge < -0.3 is 10.1 Å². The minimum absolute atomic E-state index is 0.0125. The van der Waals surface area contributed by atoms with Crippen molar-refractivity contribution >= 4 is 5.91 Å². The highest BCUT2D eigenvalue weighted by atomic mass is 16.5. The van der Waals surface area contributed by atoms with E-state index in [-0.39, 0.29) is 5.91 Å². The van der Waals surface area contributed by atoms with Crippen LogP contribution in [0, 0.1) is 6.92 Å². The molecule has 0 radical (unpaired) electrons. The van der Waals surface area contributed by atoms with Crippen LogP contribution in [0.3, 0.4) is 0 Å². The van der Waals surface area contributed by atoms with Crippen molar-refractivity contribution in [2.75, 3.05) is 20.7 Å². The van der Waals surface area contributed by atoms with Crippen LogP contribution >= 0.6 is 0 Å². The predicted octanol–water partition coefficient (Wildman–Crippen LogP) is 2.42. The normalized spacial score (nSPS) is 17.3. The van der Waals surface area contributed by atoms with Crippen molar-refractivity contribution < 1.29 is 9.53 Å². The number of hydrogen-bond acceptors (Lipinski definition) is 5. The third-order valence-electron chi connectivity index (χ3n) is 4.85. The smallest absolute Gasteiger partial charge is 0.224 e. The highest BCUT2D eigenvalue weighted by Gasteiger charge is 2.26. The molecule has 0 bridgehead atoms. The highest BCUT2D eigenvalue weighted by Crippen LogP contribution is 2.31. The molecule has 1 aliphatic heterocycles. The van der Waals surface area contributed by atoms with E-state index in [1.54, 1.807) is 7.11 Å².